The van der Waals surface area contributed by atoms with Crippen LogP contribution < -0.4 is 5.32 Å². The molecule has 0 amide bonds. The zero-order valence-electron chi connectivity index (χ0n) is 11.8. The van der Waals surface area contributed by atoms with E-state index in [0.29, 0.717) is 6.61 Å². The van der Waals surface area contributed by atoms with Crippen LogP contribution in [0.3, 0.4) is 0 Å². The maximum atomic E-state index is 5.05. The summed E-state index contributed by atoms with van der Waals surface area (Å²) in [5.41, 5.74) is 2.31. The van der Waals surface area contributed by atoms with E-state index < -0.39 is 0 Å². The van der Waals surface area contributed by atoms with E-state index in [9.17, 15) is 0 Å². The molecule has 1 atom stereocenters. The number of aromatic nitrogens is 2. The summed E-state index contributed by atoms with van der Waals surface area (Å²) < 4.78 is 8.04. The highest BCUT2D eigenvalue weighted by Crippen LogP contribution is 2.24. The number of benzene rings is 1. The fourth-order valence-electron chi connectivity index (χ4n) is 2.09. The van der Waals surface area contributed by atoms with Gasteiger partial charge in [-0.1, -0.05) is 35.0 Å². The van der Waals surface area contributed by atoms with Gasteiger partial charge in [0.25, 0.3) is 0 Å². The molecule has 5 heteroatoms. The van der Waals surface area contributed by atoms with Crippen molar-refractivity contribution in [1.29, 1.82) is 0 Å². The normalized spacial score (nSPS) is 12.3. The van der Waals surface area contributed by atoms with Crippen LogP contribution in [0.25, 0.3) is 0 Å². The number of nitrogens with one attached hydrogen (secondary N) is 1. The standard InChI is InChI=1S/C15H20BrN3O/c1-3-15(12-5-4-6-13(16)9-12)18-14-10-17-19(11-14)7-8-20-2/h4-6,9-11,15,18H,3,7-8H2,1-2H3. The minimum absolute atomic E-state index is 0.285. The topological polar surface area (TPSA) is 39.1 Å². The Morgan fingerprint density at radius 2 is 2.30 bits per heavy atom. The van der Waals surface area contributed by atoms with Gasteiger partial charge in [-0.25, -0.2) is 0 Å². The van der Waals surface area contributed by atoms with Crippen LogP contribution in [0.5, 0.6) is 0 Å². The second kappa shape index (κ2) is 7.45. The molecule has 1 N–H and O–H groups in total. The monoisotopic (exact) mass is 337 g/mol. The Morgan fingerprint density at radius 1 is 1.45 bits per heavy atom. The molecule has 20 heavy (non-hydrogen) atoms. The maximum absolute atomic E-state index is 5.05. The van der Waals surface area contributed by atoms with E-state index in [1.54, 1.807) is 7.11 Å². The predicted octanol–water partition coefficient (Wildman–Crippen LogP) is 3.86. The summed E-state index contributed by atoms with van der Waals surface area (Å²) in [6, 6.07) is 8.68. The average molecular weight is 338 g/mol. The highest BCUT2D eigenvalue weighted by atomic mass is 79.9. The van der Waals surface area contributed by atoms with Crippen molar-refractivity contribution in [2.45, 2.75) is 25.9 Å². The molecule has 0 radical (unpaired) electrons. The third-order valence-electron chi connectivity index (χ3n) is 3.16. The van der Waals surface area contributed by atoms with Crippen LogP contribution >= 0.6 is 15.9 Å². The minimum atomic E-state index is 0.285. The molecule has 0 aliphatic carbocycles. The largest absolute Gasteiger partial charge is 0.383 e. The zero-order valence-corrected chi connectivity index (χ0v) is 13.4. The molecule has 2 aromatic rings. The lowest BCUT2D eigenvalue weighted by atomic mass is 10.0. The minimum Gasteiger partial charge on any atom is -0.383 e. The molecule has 1 heterocycles. The first kappa shape index (κ1) is 15.1. The SMILES string of the molecule is CCC(Nc1cnn(CCOC)c1)c1cccc(Br)c1. The Morgan fingerprint density at radius 3 is 3.00 bits per heavy atom. The third kappa shape index (κ3) is 4.08. The van der Waals surface area contributed by atoms with Crippen LogP contribution in [0, 0.1) is 0 Å². The van der Waals surface area contributed by atoms with Crippen molar-refractivity contribution in [1.82, 2.24) is 9.78 Å². The smallest absolute Gasteiger partial charge is 0.0731 e. The van der Waals surface area contributed by atoms with Gasteiger partial charge in [0.15, 0.2) is 0 Å². The van der Waals surface area contributed by atoms with Crippen molar-refractivity contribution in [2.75, 3.05) is 19.0 Å². The Bertz CT molecular complexity index is 541. The highest BCUT2D eigenvalue weighted by Gasteiger charge is 2.10. The van der Waals surface area contributed by atoms with Gasteiger partial charge >= 0.3 is 0 Å². The molecule has 2 rings (SSSR count). The first-order chi connectivity index (χ1) is 9.72. The summed E-state index contributed by atoms with van der Waals surface area (Å²) in [5.74, 6) is 0. The molecule has 1 unspecified atom stereocenters. The molecular formula is C15H20BrN3O. The van der Waals surface area contributed by atoms with Gasteiger partial charge in [0, 0.05) is 17.8 Å². The van der Waals surface area contributed by atoms with E-state index in [-0.39, 0.29) is 6.04 Å². The summed E-state index contributed by atoms with van der Waals surface area (Å²) in [6.07, 6.45) is 4.88. The molecule has 1 aromatic heterocycles. The molecule has 0 saturated heterocycles. The van der Waals surface area contributed by atoms with Gasteiger partial charge in [0.1, 0.15) is 0 Å². The summed E-state index contributed by atoms with van der Waals surface area (Å²) in [4.78, 5) is 0. The molecule has 0 saturated carbocycles. The summed E-state index contributed by atoms with van der Waals surface area (Å²) in [6.45, 7) is 3.61. The first-order valence-corrected chi connectivity index (χ1v) is 7.55. The van der Waals surface area contributed by atoms with Gasteiger partial charge < -0.3 is 10.1 Å². The Labute approximate surface area is 128 Å². The van der Waals surface area contributed by atoms with Crippen molar-refractivity contribution in [3.8, 4) is 0 Å². The lowest BCUT2D eigenvalue weighted by Gasteiger charge is -2.17. The highest BCUT2D eigenvalue weighted by molar-refractivity contribution is 9.10. The molecule has 4 nitrogen and oxygen atoms in total. The van der Waals surface area contributed by atoms with E-state index in [2.05, 4.69) is 51.5 Å². The molecule has 1 aromatic carbocycles. The van der Waals surface area contributed by atoms with Gasteiger partial charge in [-0.2, -0.15) is 5.10 Å². The van der Waals surface area contributed by atoms with E-state index in [1.165, 1.54) is 5.56 Å². The van der Waals surface area contributed by atoms with Crippen molar-refractivity contribution in [3.63, 3.8) is 0 Å². The number of anilines is 1. The van der Waals surface area contributed by atoms with Gasteiger partial charge in [-0.15, -0.1) is 0 Å². The maximum Gasteiger partial charge on any atom is 0.0731 e. The van der Waals surface area contributed by atoms with Gasteiger partial charge in [0.2, 0.25) is 0 Å². The fraction of sp³-hybridized carbons (Fsp3) is 0.400. The number of methoxy groups -OCH3 is 1. The quantitative estimate of drug-likeness (QED) is 0.833. The average Bonchev–Trinajstić information content (AvgIpc) is 2.90. The van der Waals surface area contributed by atoms with Gasteiger partial charge in [-0.05, 0) is 24.1 Å². The van der Waals surface area contributed by atoms with Crippen LogP contribution in [0.15, 0.2) is 41.1 Å². The van der Waals surface area contributed by atoms with Gasteiger partial charge in [0.05, 0.1) is 31.1 Å². The molecule has 108 valence electrons. The number of rotatable bonds is 7. The molecule has 0 bridgehead atoms. The number of hydrogen-bond acceptors (Lipinski definition) is 3. The molecule has 0 fully saturated rings. The Balaban J connectivity index is 2.04. The summed E-state index contributed by atoms with van der Waals surface area (Å²) in [7, 11) is 1.70. The first-order valence-electron chi connectivity index (χ1n) is 6.76. The lowest BCUT2D eigenvalue weighted by Crippen LogP contribution is -2.09. The van der Waals surface area contributed by atoms with Crippen molar-refractivity contribution < 1.29 is 4.74 Å². The molecule has 0 aliphatic heterocycles. The number of ether oxygens (including phenoxy) is 1. The Hall–Kier alpha value is -1.33. The predicted molar refractivity (Wildman–Crippen MR) is 84.9 cm³/mol. The third-order valence-corrected chi connectivity index (χ3v) is 3.65. The van der Waals surface area contributed by atoms with Crippen LogP contribution in [-0.2, 0) is 11.3 Å². The second-order valence-electron chi connectivity index (χ2n) is 4.65. The van der Waals surface area contributed by atoms with Crippen molar-refractivity contribution in [2.24, 2.45) is 0 Å². The van der Waals surface area contributed by atoms with E-state index in [4.69, 9.17) is 4.74 Å². The van der Waals surface area contributed by atoms with E-state index >= 15 is 0 Å². The number of nitrogens with zero attached hydrogens (tertiary/aromatic N) is 2. The van der Waals surface area contributed by atoms with E-state index in [0.717, 1.165) is 23.1 Å². The van der Waals surface area contributed by atoms with Crippen LogP contribution in [-0.4, -0.2) is 23.5 Å². The molecule has 0 aliphatic rings. The summed E-state index contributed by atoms with van der Waals surface area (Å²) in [5, 5.41) is 7.84. The molecule has 0 spiro atoms. The lowest BCUT2D eigenvalue weighted by molar-refractivity contribution is 0.183. The van der Waals surface area contributed by atoms with Crippen LogP contribution in [0.4, 0.5) is 5.69 Å². The van der Waals surface area contributed by atoms with E-state index in [1.807, 2.05) is 23.1 Å². The number of hydrogen-bond donors (Lipinski definition) is 1. The second-order valence-corrected chi connectivity index (χ2v) is 5.56. The van der Waals surface area contributed by atoms with Gasteiger partial charge in [-0.3, -0.25) is 4.68 Å². The van der Waals surface area contributed by atoms with Crippen LogP contribution in [0.1, 0.15) is 24.9 Å². The zero-order chi connectivity index (χ0) is 14.4. The fourth-order valence-corrected chi connectivity index (χ4v) is 2.51. The van der Waals surface area contributed by atoms with Crippen LogP contribution in [0.2, 0.25) is 0 Å². The molecular weight excluding hydrogens is 318 g/mol. The summed E-state index contributed by atoms with van der Waals surface area (Å²) >= 11 is 3.52. The number of halogens is 1. The Kier molecular flexibility index (Phi) is 5.61. The van der Waals surface area contributed by atoms with Crippen molar-refractivity contribution >= 4 is 21.6 Å². The van der Waals surface area contributed by atoms with Crippen molar-refractivity contribution in [3.05, 3.63) is 46.7 Å².